The Balaban J connectivity index is 2.69. The maximum absolute atomic E-state index is 11.8. The molecule has 1 heterocycles. The summed E-state index contributed by atoms with van der Waals surface area (Å²) in [4.78, 5) is 15.9. The fraction of sp³-hybridized carbons (Fsp3) is 0.500. The second kappa shape index (κ2) is 5.49. The van der Waals surface area contributed by atoms with Gasteiger partial charge in [0.25, 0.3) is 5.91 Å². The van der Waals surface area contributed by atoms with Crippen molar-refractivity contribution in [2.24, 2.45) is 0 Å². The van der Waals surface area contributed by atoms with E-state index in [1.54, 1.807) is 12.3 Å². The Morgan fingerprint density at radius 3 is 2.87 bits per heavy atom. The Morgan fingerprint density at radius 2 is 2.20 bits per heavy atom. The highest BCUT2D eigenvalue weighted by atomic mass is 16.1. The number of nitrogens with zero attached hydrogens (tertiary/aromatic N) is 1. The molecule has 3 nitrogen and oxygen atoms in total. The lowest BCUT2D eigenvalue weighted by Crippen LogP contribution is -2.25. The van der Waals surface area contributed by atoms with Crippen LogP contribution in [-0.2, 0) is 0 Å². The third-order valence-corrected chi connectivity index (χ3v) is 2.52. The SMILES string of the molecule is CCCCNC(=O)c1ccnc(C)c1C. The molecule has 82 valence electrons. The molecule has 0 aliphatic carbocycles. The molecule has 0 spiro atoms. The molecule has 0 saturated heterocycles. The van der Waals surface area contributed by atoms with E-state index in [9.17, 15) is 4.79 Å². The molecule has 0 fully saturated rings. The first kappa shape index (κ1) is 11.7. The highest BCUT2D eigenvalue weighted by molar-refractivity contribution is 5.95. The van der Waals surface area contributed by atoms with Crippen LogP contribution in [0.15, 0.2) is 12.3 Å². The number of rotatable bonds is 4. The van der Waals surface area contributed by atoms with E-state index in [1.807, 2.05) is 13.8 Å². The van der Waals surface area contributed by atoms with Gasteiger partial charge in [0.1, 0.15) is 0 Å². The van der Waals surface area contributed by atoms with Crippen LogP contribution in [0.25, 0.3) is 0 Å². The minimum absolute atomic E-state index is 0.00597. The molecule has 1 amide bonds. The fourth-order valence-electron chi connectivity index (χ4n) is 1.36. The van der Waals surface area contributed by atoms with Crippen molar-refractivity contribution in [1.29, 1.82) is 0 Å². The number of hydrogen-bond acceptors (Lipinski definition) is 2. The van der Waals surface area contributed by atoms with Gasteiger partial charge in [0.2, 0.25) is 0 Å². The molecule has 1 aromatic heterocycles. The normalized spacial score (nSPS) is 10.1. The van der Waals surface area contributed by atoms with Crippen LogP contribution in [0.3, 0.4) is 0 Å². The minimum Gasteiger partial charge on any atom is -0.352 e. The number of aromatic nitrogens is 1. The topological polar surface area (TPSA) is 42.0 Å². The quantitative estimate of drug-likeness (QED) is 0.767. The Morgan fingerprint density at radius 1 is 1.47 bits per heavy atom. The molecule has 0 radical (unpaired) electrons. The summed E-state index contributed by atoms with van der Waals surface area (Å²) in [5.41, 5.74) is 2.61. The highest BCUT2D eigenvalue weighted by Crippen LogP contribution is 2.09. The van der Waals surface area contributed by atoms with Gasteiger partial charge in [-0.1, -0.05) is 13.3 Å². The van der Waals surface area contributed by atoms with Crippen LogP contribution in [0.4, 0.5) is 0 Å². The first-order valence-corrected chi connectivity index (χ1v) is 5.37. The van der Waals surface area contributed by atoms with E-state index < -0.39 is 0 Å². The van der Waals surface area contributed by atoms with Crippen LogP contribution in [0.1, 0.15) is 41.4 Å². The van der Waals surface area contributed by atoms with Gasteiger partial charge < -0.3 is 5.32 Å². The minimum atomic E-state index is 0.00597. The second-order valence-corrected chi connectivity index (χ2v) is 3.68. The van der Waals surface area contributed by atoms with Crippen LogP contribution in [0.5, 0.6) is 0 Å². The fourth-order valence-corrected chi connectivity index (χ4v) is 1.36. The van der Waals surface area contributed by atoms with Gasteiger partial charge in [0.15, 0.2) is 0 Å². The molecule has 0 bridgehead atoms. The highest BCUT2D eigenvalue weighted by Gasteiger charge is 2.09. The molecule has 3 heteroatoms. The van der Waals surface area contributed by atoms with Crippen molar-refractivity contribution in [2.75, 3.05) is 6.54 Å². The summed E-state index contributed by atoms with van der Waals surface area (Å²) >= 11 is 0. The number of nitrogens with one attached hydrogen (secondary N) is 1. The van der Waals surface area contributed by atoms with E-state index in [2.05, 4.69) is 17.2 Å². The zero-order chi connectivity index (χ0) is 11.3. The van der Waals surface area contributed by atoms with Crippen LogP contribution in [-0.4, -0.2) is 17.4 Å². The van der Waals surface area contributed by atoms with E-state index in [-0.39, 0.29) is 5.91 Å². The molecule has 0 aliphatic heterocycles. The Hall–Kier alpha value is -1.38. The second-order valence-electron chi connectivity index (χ2n) is 3.68. The third-order valence-electron chi connectivity index (χ3n) is 2.52. The number of carbonyl (C=O) groups excluding carboxylic acids is 1. The van der Waals surface area contributed by atoms with E-state index in [1.165, 1.54) is 0 Å². The van der Waals surface area contributed by atoms with Gasteiger partial charge in [-0.3, -0.25) is 9.78 Å². The van der Waals surface area contributed by atoms with Gasteiger partial charge in [-0.25, -0.2) is 0 Å². The molecular formula is C12H18N2O. The van der Waals surface area contributed by atoms with E-state index >= 15 is 0 Å². The number of pyridine rings is 1. The lowest BCUT2D eigenvalue weighted by Gasteiger charge is -2.08. The van der Waals surface area contributed by atoms with Crippen molar-refractivity contribution >= 4 is 5.91 Å². The van der Waals surface area contributed by atoms with Gasteiger partial charge >= 0.3 is 0 Å². The molecule has 0 unspecified atom stereocenters. The summed E-state index contributed by atoms with van der Waals surface area (Å²) in [5.74, 6) is 0.00597. The van der Waals surface area contributed by atoms with Crippen LogP contribution in [0.2, 0.25) is 0 Å². The number of carbonyl (C=O) groups is 1. The number of hydrogen-bond donors (Lipinski definition) is 1. The van der Waals surface area contributed by atoms with E-state index in [0.29, 0.717) is 0 Å². The number of unbranched alkanes of at least 4 members (excludes halogenated alkanes) is 1. The van der Waals surface area contributed by atoms with E-state index in [0.717, 1.165) is 36.2 Å². The average molecular weight is 206 g/mol. The van der Waals surface area contributed by atoms with Crippen molar-refractivity contribution in [3.8, 4) is 0 Å². The monoisotopic (exact) mass is 206 g/mol. The molecule has 1 N–H and O–H groups in total. The van der Waals surface area contributed by atoms with Crippen LogP contribution < -0.4 is 5.32 Å². The van der Waals surface area contributed by atoms with Crippen molar-refractivity contribution in [1.82, 2.24) is 10.3 Å². The van der Waals surface area contributed by atoms with Crippen molar-refractivity contribution < 1.29 is 4.79 Å². The average Bonchev–Trinajstić information content (AvgIpc) is 2.22. The maximum atomic E-state index is 11.8. The molecule has 0 aliphatic rings. The molecular weight excluding hydrogens is 188 g/mol. The van der Waals surface area contributed by atoms with Crippen molar-refractivity contribution in [2.45, 2.75) is 33.6 Å². The van der Waals surface area contributed by atoms with E-state index in [4.69, 9.17) is 0 Å². The maximum Gasteiger partial charge on any atom is 0.251 e. The smallest absolute Gasteiger partial charge is 0.251 e. The largest absolute Gasteiger partial charge is 0.352 e. The van der Waals surface area contributed by atoms with Crippen molar-refractivity contribution in [3.63, 3.8) is 0 Å². The molecule has 1 rings (SSSR count). The Labute approximate surface area is 90.9 Å². The predicted molar refractivity (Wildman–Crippen MR) is 61.0 cm³/mol. The lowest BCUT2D eigenvalue weighted by molar-refractivity contribution is 0.0952. The number of amides is 1. The van der Waals surface area contributed by atoms with Gasteiger partial charge in [0.05, 0.1) is 0 Å². The van der Waals surface area contributed by atoms with Gasteiger partial charge in [-0.05, 0) is 31.9 Å². The van der Waals surface area contributed by atoms with Crippen LogP contribution in [0, 0.1) is 13.8 Å². The summed E-state index contributed by atoms with van der Waals surface area (Å²) in [7, 11) is 0. The molecule has 0 aromatic carbocycles. The molecule has 0 atom stereocenters. The summed E-state index contributed by atoms with van der Waals surface area (Å²) < 4.78 is 0. The summed E-state index contributed by atoms with van der Waals surface area (Å²) in [6, 6.07) is 1.77. The van der Waals surface area contributed by atoms with Crippen LogP contribution >= 0.6 is 0 Å². The zero-order valence-corrected chi connectivity index (χ0v) is 9.63. The summed E-state index contributed by atoms with van der Waals surface area (Å²) in [6.07, 6.45) is 3.79. The van der Waals surface area contributed by atoms with Crippen molar-refractivity contribution in [3.05, 3.63) is 29.1 Å². The lowest BCUT2D eigenvalue weighted by atomic mass is 10.1. The van der Waals surface area contributed by atoms with Gasteiger partial charge in [0, 0.05) is 24.0 Å². The van der Waals surface area contributed by atoms with Gasteiger partial charge in [-0.2, -0.15) is 0 Å². The van der Waals surface area contributed by atoms with Gasteiger partial charge in [-0.15, -0.1) is 0 Å². The summed E-state index contributed by atoms with van der Waals surface area (Å²) in [5, 5.41) is 2.90. The summed E-state index contributed by atoms with van der Waals surface area (Å²) in [6.45, 7) is 6.69. The number of aryl methyl sites for hydroxylation is 1. The third kappa shape index (κ3) is 3.05. The molecule has 0 saturated carbocycles. The Bertz CT molecular complexity index is 347. The molecule has 1 aromatic rings. The first-order chi connectivity index (χ1) is 7.16. The Kier molecular flexibility index (Phi) is 4.28. The zero-order valence-electron chi connectivity index (χ0n) is 9.63. The first-order valence-electron chi connectivity index (χ1n) is 5.37. The molecule has 15 heavy (non-hydrogen) atoms. The predicted octanol–water partition coefficient (Wildman–Crippen LogP) is 2.23. The standard InChI is InChI=1S/C12H18N2O/c1-4-5-7-14-12(15)11-6-8-13-10(3)9(11)2/h6,8H,4-5,7H2,1-3H3,(H,14,15).